The lowest BCUT2D eigenvalue weighted by atomic mass is 9.79. The molecule has 2 atom stereocenters. The van der Waals surface area contributed by atoms with Crippen LogP contribution in [0.15, 0.2) is 54.9 Å². The Morgan fingerprint density at radius 2 is 2.16 bits per heavy atom. The zero-order valence-corrected chi connectivity index (χ0v) is 17.3. The highest BCUT2D eigenvalue weighted by molar-refractivity contribution is 6.02. The van der Waals surface area contributed by atoms with E-state index in [-0.39, 0.29) is 11.8 Å². The standard InChI is InChI=1S/C24H24N4O3/c1-31-18-5-2-4-15(10-18)14-28-23(30)19-11-16(17-12-26-27-13-17)7-8-20(19)24(28)9-3-6-21(24)22(25)29/h2,4-5,7-8,10-13,21H,3,6,9,14H2,1H3,(H2,25,29)(H,26,27). The quantitative estimate of drug-likeness (QED) is 0.667. The van der Waals surface area contributed by atoms with Crippen LogP contribution in [-0.4, -0.2) is 34.0 Å². The van der Waals surface area contributed by atoms with Crippen LogP contribution in [0.2, 0.25) is 0 Å². The van der Waals surface area contributed by atoms with Crippen LogP contribution in [0.4, 0.5) is 0 Å². The number of hydrogen-bond acceptors (Lipinski definition) is 4. The van der Waals surface area contributed by atoms with Gasteiger partial charge in [-0.2, -0.15) is 5.10 Å². The fraction of sp³-hybridized carbons (Fsp3) is 0.292. The molecule has 31 heavy (non-hydrogen) atoms. The number of H-pyrrole nitrogens is 1. The molecule has 7 nitrogen and oxygen atoms in total. The average molecular weight is 416 g/mol. The Labute approximate surface area is 180 Å². The molecule has 1 aliphatic carbocycles. The van der Waals surface area contributed by atoms with Crippen LogP contribution in [0.5, 0.6) is 5.75 Å². The van der Waals surface area contributed by atoms with E-state index < -0.39 is 11.5 Å². The molecule has 2 aromatic carbocycles. The van der Waals surface area contributed by atoms with Crippen molar-refractivity contribution >= 4 is 11.8 Å². The summed E-state index contributed by atoms with van der Waals surface area (Å²) >= 11 is 0. The van der Waals surface area contributed by atoms with Gasteiger partial charge in [-0.25, -0.2) is 0 Å². The highest BCUT2D eigenvalue weighted by Crippen LogP contribution is 2.54. The van der Waals surface area contributed by atoms with E-state index in [0.29, 0.717) is 24.9 Å². The van der Waals surface area contributed by atoms with Crippen LogP contribution in [0.1, 0.15) is 40.7 Å². The lowest BCUT2D eigenvalue weighted by Gasteiger charge is -2.40. The summed E-state index contributed by atoms with van der Waals surface area (Å²) in [5.74, 6) is -0.108. The SMILES string of the molecule is COc1cccc(CN2C(=O)c3cc(-c4cn[nH]c4)ccc3C23CCCC3C(N)=O)c1. The van der Waals surface area contributed by atoms with Crippen molar-refractivity contribution in [3.05, 3.63) is 71.5 Å². The Morgan fingerprint density at radius 3 is 2.90 bits per heavy atom. The van der Waals surface area contributed by atoms with Crippen LogP contribution < -0.4 is 10.5 Å². The van der Waals surface area contributed by atoms with Gasteiger partial charge in [0.25, 0.3) is 5.91 Å². The molecule has 158 valence electrons. The van der Waals surface area contributed by atoms with Crippen molar-refractivity contribution in [1.82, 2.24) is 15.1 Å². The first kappa shape index (κ1) is 19.4. The fourth-order valence-corrected chi connectivity index (χ4v) is 5.34. The third kappa shape index (κ3) is 2.91. The fourth-order valence-electron chi connectivity index (χ4n) is 5.34. The maximum Gasteiger partial charge on any atom is 0.255 e. The number of aromatic nitrogens is 2. The van der Waals surface area contributed by atoms with Gasteiger partial charge in [-0.15, -0.1) is 0 Å². The molecule has 2 unspecified atom stereocenters. The molecule has 1 saturated carbocycles. The van der Waals surface area contributed by atoms with E-state index in [9.17, 15) is 9.59 Å². The Bertz CT molecular complexity index is 1160. The van der Waals surface area contributed by atoms with Gasteiger partial charge in [0.05, 0.1) is 24.8 Å². The normalized spacial score (nSPS) is 22.2. The number of amides is 2. The maximum absolute atomic E-state index is 13.7. The first-order valence-corrected chi connectivity index (χ1v) is 10.4. The molecule has 2 heterocycles. The number of hydrogen-bond donors (Lipinski definition) is 2. The van der Waals surface area contributed by atoms with E-state index in [1.54, 1.807) is 19.5 Å². The number of nitrogens with zero attached hydrogens (tertiary/aromatic N) is 2. The highest BCUT2D eigenvalue weighted by atomic mass is 16.5. The van der Waals surface area contributed by atoms with Gasteiger partial charge >= 0.3 is 0 Å². The molecular formula is C24H24N4O3. The van der Waals surface area contributed by atoms with Crippen molar-refractivity contribution in [3.8, 4) is 16.9 Å². The topological polar surface area (TPSA) is 101 Å². The van der Waals surface area contributed by atoms with Crippen molar-refractivity contribution in [2.75, 3.05) is 7.11 Å². The Kier molecular flexibility index (Phi) is 4.54. The Hall–Kier alpha value is -3.61. The lowest BCUT2D eigenvalue weighted by molar-refractivity contribution is -0.125. The second-order valence-electron chi connectivity index (χ2n) is 8.26. The summed E-state index contributed by atoms with van der Waals surface area (Å²) in [6.07, 6.45) is 5.77. The number of carbonyl (C=O) groups excluding carboxylic acids is 2. The predicted octanol–water partition coefficient (Wildman–Crippen LogP) is 3.22. The summed E-state index contributed by atoms with van der Waals surface area (Å²) in [6, 6.07) is 13.6. The third-order valence-corrected chi connectivity index (χ3v) is 6.72. The minimum Gasteiger partial charge on any atom is -0.497 e. The summed E-state index contributed by atoms with van der Waals surface area (Å²) in [6.45, 7) is 0.384. The van der Waals surface area contributed by atoms with Gasteiger partial charge in [-0.05, 0) is 54.2 Å². The van der Waals surface area contributed by atoms with Gasteiger partial charge < -0.3 is 15.4 Å². The molecule has 1 aromatic heterocycles. The molecule has 1 fully saturated rings. The number of fused-ring (bicyclic) bond motifs is 2. The van der Waals surface area contributed by atoms with Gasteiger partial charge in [0.15, 0.2) is 0 Å². The van der Waals surface area contributed by atoms with Gasteiger partial charge in [0.2, 0.25) is 5.91 Å². The van der Waals surface area contributed by atoms with E-state index in [2.05, 4.69) is 10.2 Å². The van der Waals surface area contributed by atoms with Gasteiger partial charge in [0.1, 0.15) is 5.75 Å². The second kappa shape index (κ2) is 7.27. The third-order valence-electron chi connectivity index (χ3n) is 6.72. The van der Waals surface area contributed by atoms with Gasteiger partial charge in [0, 0.05) is 23.9 Å². The summed E-state index contributed by atoms with van der Waals surface area (Å²) in [5, 5.41) is 6.82. The Balaban J connectivity index is 1.63. The van der Waals surface area contributed by atoms with Crippen LogP contribution in [0, 0.1) is 5.92 Å². The summed E-state index contributed by atoms with van der Waals surface area (Å²) in [7, 11) is 1.62. The second-order valence-corrected chi connectivity index (χ2v) is 8.26. The van der Waals surface area contributed by atoms with Gasteiger partial charge in [-0.1, -0.05) is 24.3 Å². The van der Waals surface area contributed by atoms with Crippen LogP contribution >= 0.6 is 0 Å². The van der Waals surface area contributed by atoms with Crippen LogP contribution in [-0.2, 0) is 16.9 Å². The zero-order valence-electron chi connectivity index (χ0n) is 17.3. The molecule has 1 aliphatic heterocycles. The molecule has 2 amide bonds. The number of aromatic amines is 1. The number of nitrogens with two attached hydrogens (primary N) is 1. The number of primary amides is 1. The summed E-state index contributed by atoms with van der Waals surface area (Å²) < 4.78 is 5.35. The number of rotatable bonds is 5. The number of ether oxygens (including phenoxy) is 1. The highest BCUT2D eigenvalue weighted by Gasteiger charge is 2.58. The molecule has 3 N–H and O–H groups in total. The average Bonchev–Trinajstić information content (AvgIpc) is 3.51. The molecule has 3 aromatic rings. The maximum atomic E-state index is 13.7. The van der Waals surface area contributed by atoms with Crippen molar-refractivity contribution < 1.29 is 14.3 Å². The van der Waals surface area contributed by atoms with E-state index in [0.717, 1.165) is 34.4 Å². The first-order valence-electron chi connectivity index (χ1n) is 10.4. The number of nitrogens with one attached hydrogen (secondary N) is 1. The van der Waals surface area contributed by atoms with Crippen molar-refractivity contribution in [3.63, 3.8) is 0 Å². The lowest BCUT2D eigenvalue weighted by Crippen LogP contribution is -2.49. The molecule has 2 aliphatic rings. The first-order chi connectivity index (χ1) is 15.0. The molecule has 0 radical (unpaired) electrons. The number of methoxy groups -OCH3 is 1. The molecule has 5 rings (SSSR count). The zero-order chi connectivity index (χ0) is 21.6. The van der Waals surface area contributed by atoms with E-state index in [4.69, 9.17) is 10.5 Å². The monoisotopic (exact) mass is 416 g/mol. The number of carbonyl (C=O) groups is 2. The largest absolute Gasteiger partial charge is 0.497 e. The molecule has 1 spiro atoms. The smallest absolute Gasteiger partial charge is 0.255 e. The number of benzene rings is 2. The van der Waals surface area contributed by atoms with Crippen molar-refractivity contribution in [2.45, 2.75) is 31.3 Å². The Morgan fingerprint density at radius 1 is 1.29 bits per heavy atom. The minimum atomic E-state index is -0.712. The van der Waals surface area contributed by atoms with E-state index in [1.165, 1.54) is 0 Å². The summed E-state index contributed by atoms with van der Waals surface area (Å²) in [4.78, 5) is 28.1. The molecular weight excluding hydrogens is 392 g/mol. The molecule has 0 bridgehead atoms. The van der Waals surface area contributed by atoms with E-state index in [1.807, 2.05) is 47.4 Å². The van der Waals surface area contributed by atoms with Gasteiger partial charge in [-0.3, -0.25) is 14.7 Å². The molecule has 7 heteroatoms. The molecule has 0 saturated heterocycles. The minimum absolute atomic E-state index is 0.0729. The summed E-state index contributed by atoms with van der Waals surface area (Å²) in [5.41, 5.74) is 9.44. The van der Waals surface area contributed by atoms with Crippen LogP contribution in [0.3, 0.4) is 0 Å². The van der Waals surface area contributed by atoms with Crippen molar-refractivity contribution in [1.29, 1.82) is 0 Å². The predicted molar refractivity (Wildman–Crippen MR) is 115 cm³/mol. The van der Waals surface area contributed by atoms with Crippen LogP contribution in [0.25, 0.3) is 11.1 Å². The van der Waals surface area contributed by atoms with E-state index >= 15 is 0 Å². The van der Waals surface area contributed by atoms with Crippen molar-refractivity contribution in [2.24, 2.45) is 11.7 Å².